The Morgan fingerprint density at radius 3 is 2.56 bits per heavy atom. The Kier molecular flexibility index (Phi) is 9.09. The lowest BCUT2D eigenvalue weighted by atomic mass is 9.98. The van der Waals surface area contributed by atoms with Gasteiger partial charge in [0.2, 0.25) is 0 Å². The molecule has 1 N–H and O–H groups in total. The lowest BCUT2D eigenvalue weighted by Crippen LogP contribution is -2.30. The Balaban J connectivity index is 1.06. The maximum Gasteiger partial charge on any atom is 0.435 e. The predicted molar refractivity (Wildman–Crippen MR) is 168 cm³/mol. The number of benzene rings is 2. The summed E-state index contributed by atoms with van der Waals surface area (Å²) in [5, 5.41) is 3.61. The van der Waals surface area contributed by atoms with Crippen LogP contribution in [-0.2, 0) is 49.2 Å². The SMILES string of the molecule is Cn1nc(C(F)(F)F)cc1-c1ccc(CN2CCc3cc(S(=O)(=O)Nc4ccc(CCCC5CCCC5)cc4F)ccc3C2)s1. The lowest BCUT2D eigenvalue weighted by molar-refractivity contribution is -0.141. The van der Waals surface area contributed by atoms with E-state index < -0.39 is 27.7 Å². The summed E-state index contributed by atoms with van der Waals surface area (Å²) >= 11 is 1.43. The van der Waals surface area contributed by atoms with Crippen molar-refractivity contribution in [2.75, 3.05) is 11.3 Å². The molecule has 0 bridgehead atoms. The fourth-order valence-corrected chi connectivity index (χ4v) is 8.66. The van der Waals surface area contributed by atoms with Gasteiger partial charge in [-0.2, -0.15) is 18.3 Å². The van der Waals surface area contributed by atoms with Crippen LogP contribution in [0, 0.1) is 11.7 Å². The number of aryl methyl sites for hydroxylation is 2. The number of aromatic nitrogens is 2. The van der Waals surface area contributed by atoms with E-state index >= 15 is 0 Å². The van der Waals surface area contributed by atoms with Gasteiger partial charge >= 0.3 is 6.18 Å². The van der Waals surface area contributed by atoms with Crippen LogP contribution in [0.5, 0.6) is 0 Å². The fourth-order valence-electron chi connectivity index (χ4n) is 6.44. The smallest absolute Gasteiger partial charge is 0.294 e. The molecule has 6 nitrogen and oxygen atoms in total. The predicted octanol–water partition coefficient (Wildman–Crippen LogP) is 8.18. The number of sulfonamides is 1. The van der Waals surface area contributed by atoms with E-state index in [0.29, 0.717) is 36.6 Å². The minimum atomic E-state index is -4.50. The van der Waals surface area contributed by atoms with Gasteiger partial charge in [-0.15, -0.1) is 11.3 Å². The molecule has 4 aromatic rings. The van der Waals surface area contributed by atoms with Gasteiger partial charge in [0.15, 0.2) is 5.69 Å². The van der Waals surface area contributed by atoms with Gasteiger partial charge in [0, 0.05) is 31.6 Å². The van der Waals surface area contributed by atoms with E-state index in [2.05, 4.69) is 14.7 Å². The van der Waals surface area contributed by atoms with Crippen LogP contribution in [0.3, 0.4) is 0 Å². The van der Waals surface area contributed by atoms with Crippen molar-refractivity contribution in [3.8, 4) is 10.6 Å². The number of fused-ring (bicyclic) bond motifs is 1. The van der Waals surface area contributed by atoms with E-state index in [-0.39, 0.29) is 10.6 Å². The largest absolute Gasteiger partial charge is 0.435 e. The van der Waals surface area contributed by atoms with Gasteiger partial charge in [0.05, 0.1) is 21.2 Å². The van der Waals surface area contributed by atoms with Crippen LogP contribution in [-0.4, -0.2) is 29.6 Å². The monoisotopic (exact) mass is 660 g/mol. The number of anilines is 1. The van der Waals surface area contributed by atoms with Crippen molar-refractivity contribution < 1.29 is 26.0 Å². The van der Waals surface area contributed by atoms with E-state index in [9.17, 15) is 26.0 Å². The van der Waals surface area contributed by atoms with Gasteiger partial charge in [0.1, 0.15) is 5.82 Å². The van der Waals surface area contributed by atoms with Crippen molar-refractivity contribution in [3.63, 3.8) is 0 Å². The first kappa shape index (κ1) is 31.7. The second-order valence-corrected chi connectivity index (χ2v) is 15.0. The lowest BCUT2D eigenvalue weighted by Gasteiger charge is -2.28. The highest BCUT2D eigenvalue weighted by molar-refractivity contribution is 7.92. The maximum atomic E-state index is 14.9. The van der Waals surface area contributed by atoms with Crippen molar-refractivity contribution >= 4 is 27.0 Å². The standard InChI is InChI=1S/C33H36F4N4O2S2/c1-40-30(19-32(38-40)33(35,36)37)31-14-11-26(44-31)21-41-16-15-24-18-27(12-10-25(24)20-41)45(42,43)39-29-13-9-23(17-28(29)34)8-4-7-22-5-2-3-6-22/h9-14,17-19,22,39H,2-8,15-16,20-21H2,1H3. The summed E-state index contributed by atoms with van der Waals surface area (Å²) in [5.74, 6) is 0.209. The molecule has 2 aliphatic rings. The first-order chi connectivity index (χ1) is 21.4. The number of rotatable bonds is 10. The minimum Gasteiger partial charge on any atom is -0.294 e. The molecule has 6 rings (SSSR count). The molecular weight excluding hydrogens is 625 g/mol. The molecule has 1 fully saturated rings. The molecule has 0 spiro atoms. The number of thiophene rings is 1. The minimum absolute atomic E-state index is 0.0606. The second-order valence-electron chi connectivity index (χ2n) is 12.2. The Hall–Kier alpha value is -3.22. The third-order valence-corrected chi connectivity index (χ3v) is 11.3. The van der Waals surface area contributed by atoms with E-state index in [1.807, 2.05) is 12.1 Å². The van der Waals surface area contributed by atoms with Gasteiger partial charge in [-0.3, -0.25) is 14.3 Å². The number of hydrogen-bond donors (Lipinski definition) is 1. The highest BCUT2D eigenvalue weighted by atomic mass is 32.2. The molecule has 0 saturated heterocycles. The molecule has 0 unspecified atom stereocenters. The van der Waals surface area contributed by atoms with Crippen LogP contribution in [0.15, 0.2) is 59.5 Å². The summed E-state index contributed by atoms with van der Waals surface area (Å²) in [5.41, 5.74) is 2.24. The second kappa shape index (κ2) is 12.9. The molecule has 0 radical (unpaired) electrons. The zero-order chi connectivity index (χ0) is 31.8. The van der Waals surface area contributed by atoms with Crippen molar-refractivity contribution in [2.45, 2.75) is 75.5 Å². The van der Waals surface area contributed by atoms with Crippen LogP contribution in [0.4, 0.5) is 23.2 Å². The molecule has 240 valence electrons. The van der Waals surface area contributed by atoms with Gasteiger partial charge < -0.3 is 0 Å². The van der Waals surface area contributed by atoms with Crippen LogP contribution >= 0.6 is 11.3 Å². The summed E-state index contributed by atoms with van der Waals surface area (Å²) in [6.07, 6.45) is 4.28. The molecular formula is C33H36F4N4O2S2. The summed E-state index contributed by atoms with van der Waals surface area (Å²) in [6.45, 7) is 1.92. The van der Waals surface area contributed by atoms with Gasteiger partial charge in [-0.05, 0) is 84.3 Å². The zero-order valence-electron chi connectivity index (χ0n) is 25.0. The topological polar surface area (TPSA) is 67.2 Å². The number of halogens is 4. The number of alkyl halides is 3. The molecule has 0 atom stereocenters. The molecule has 45 heavy (non-hydrogen) atoms. The quantitative estimate of drug-likeness (QED) is 0.174. The molecule has 1 aliphatic heterocycles. The Morgan fingerprint density at radius 2 is 1.82 bits per heavy atom. The molecule has 0 amide bonds. The van der Waals surface area contributed by atoms with Crippen molar-refractivity contribution in [2.24, 2.45) is 13.0 Å². The van der Waals surface area contributed by atoms with Gasteiger partial charge in [-0.25, -0.2) is 12.8 Å². The van der Waals surface area contributed by atoms with Crippen LogP contribution in [0.2, 0.25) is 0 Å². The number of nitrogens with zero attached hydrogens (tertiary/aromatic N) is 3. The van der Waals surface area contributed by atoms with Crippen molar-refractivity contribution in [3.05, 3.63) is 87.7 Å². The average molecular weight is 661 g/mol. The zero-order valence-corrected chi connectivity index (χ0v) is 26.7. The third kappa shape index (κ3) is 7.44. The molecule has 2 aromatic carbocycles. The van der Waals surface area contributed by atoms with Crippen LogP contribution in [0.1, 0.15) is 65.8 Å². The van der Waals surface area contributed by atoms with E-state index in [1.165, 1.54) is 60.9 Å². The van der Waals surface area contributed by atoms with Gasteiger partial charge in [0.25, 0.3) is 10.0 Å². The molecule has 3 heterocycles. The Labute approximate surface area is 265 Å². The molecule has 1 saturated carbocycles. The molecule has 12 heteroatoms. The highest BCUT2D eigenvalue weighted by Crippen LogP contribution is 2.35. The Bertz CT molecular complexity index is 1780. The number of hydrogen-bond acceptors (Lipinski definition) is 5. The van der Waals surface area contributed by atoms with Gasteiger partial charge in [-0.1, -0.05) is 44.2 Å². The van der Waals surface area contributed by atoms with E-state index in [0.717, 1.165) is 52.8 Å². The third-order valence-electron chi connectivity index (χ3n) is 8.87. The van der Waals surface area contributed by atoms with Crippen molar-refractivity contribution in [1.82, 2.24) is 14.7 Å². The van der Waals surface area contributed by atoms with Crippen molar-refractivity contribution in [1.29, 1.82) is 0 Å². The number of nitrogens with one attached hydrogen (secondary N) is 1. The van der Waals surface area contributed by atoms with E-state index in [1.54, 1.807) is 24.3 Å². The summed E-state index contributed by atoms with van der Waals surface area (Å²) in [7, 11) is -2.49. The first-order valence-electron chi connectivity index (χ1n) is 15.3. The average Bonchev–Trinajstić information content (AvgIpc) is 3.76. The summed E-state index contributed by atoms with van der Waals surface area (Å²) in [6, 6.07) is 14.5. The Morgan fingerprint density at radius 1 is 1.02 bits per heavy atom. The summed E-state index contributed by atoms with van der Waals surface area (Å²) < 4.78 is 84.2. The maximum absolute atomic E-state index is 14.9. The van der Waals surface area contributed by atoms with E-state index in [4.69, 9.17) is 0 Å². The normalized spacial score (nSPS) is 16.3. The first-order valence-corrected chi connectivity index (χ1v) is 17.6. The molecule has 2 aromatic heterocycles. The van der Waals surface area contributed by atoms with Crippen LogP contribution in [0.25, 0.3) is 10.6 Å². The fraction of sp³-hybridized carbons (Fsp3) is 0.424. The molecule has 1 aliphatic carbocycles. The highest BCUT2D eigenvalue weighted by Gasteiger charge is 2.35. The van der Waals surface area contributed by atoms with Crippen LogP contribution < -0.4 is 4.72 Å². The summed E-state index contributed by atoms with van der Waals surface area (Å²) in [4.78, 5) is 4.03.